The molecule has 0 amide bonds. The summed E-state index contributed by atoms with van der Waals surface area (Å²) in [6.45, 7) is 5.29. The maximum Gasteiger partial charge on any atom is 0.119 e. The average Bonchev–Trinajstić information content (AvgIpc) is 3.21. The van der Waals surface area contributed by atoms with E-state index in [0.29, 0.717) is 13.1 Å². The number of aromatic nitrogens is 3. The predicted molar refractivity (Wildman–Crippen MR) is 120 cm³/mol. The Balaban J connectivity index is 1.56. The van der Waals surface area contributed by atoms with E-state index in [1.165, 1.54) is 5.56 Å². The number of aliphatic hydroxyl groups excluding tert-OH is 1. The lowest BCUT2D eigenvalue weighted by Crippen LogP contribution is -2.05. The molecule has 2 aromatic carbocycles. The third-order valence-electron chi connectivity index (χ3n) is 4.82. The van der Waals surface area contributed by atoms with Crippen LogP contribution in [0.3, 0.4) is 0 Å². The molecule has 0 saturated heterocycles. The van der Waals surface area contributed by atoms with Gasteiger partial charge in [-0.3, -0.25) is 9.67 Å². The maximum atomic E-state index is 9.13. The number of fused-ring (bicyclic) bond motifs is 1. The Morgan fingerprint density at radius 3 is 2.70 bits per heavy atom. The zero-order valence-electron chi connectivity index (χ0n) is 17.2. The van der Waals surface area contributed by atoms with Crippen molar-refractivity contribution in [2.75, 3.05) is 11.9 Å². The van der Waals surface area contributed by atoms with Crippen LogP contribution in [-0.2, 0) is 13.1 Å². The molecule has 0 bridgehead atoms. The Labute approximate surface area is 176 Å². The quantitative estimate of drug-likeness (QED) is 0.454. The molecule has 6 nitrogen and oxygen atoms in total. The monoisotopic (exact) mass is 402 g/mol. The van der Waals surface area contributed by atoms with Crippen LogP contribution in [0.1, 0.15) is 19.4 Å². The van der Waals surface area contributed by atoms with Crippen molar-refractivity contribution in [1.29, 1.82) is 0 Å². The molecule has 0 atom stereocenters. The Morgan fingerprint density at radius 2 is 1.93 bits per heavy atom. The van der Waals surface area contributed by atoms with Gasteiger partial charge in [0.2, 0.25) is 0 Å². The number of para-hydroxylation sites is 1. The highest BCUT2D eigenvalue weighted by Crippen LogP contribution is 2.31. The minimum atomic E-state index is 0.0663. The van der Waals surface area contributed by atoms with Crippen LogP contribution in [0.25, 0.3) is 22.0 Å². The number of pyridine rings is 1. The van der Waals surface area contributed by atoms with Crippen LogP contribution < -0.4 is 10.1 Å². The van der Waals surface area contributed by atoms with Crippen molar-refractivity contribution in [2.45, 2.75) is 33.0 Å². The number of benzene rings is 2. The average molecular weight is 402 g/mol. The van der Waals surface area contributed by atoms with E-state index >= 15 is 0 Å². The van der Waals surface area contributed by atoms with E-state index in [1.807, 2.05) is 62.8 Å². The van der Waals surface area contributed by atoms with Gasteiger partial charge in [0.1, 0.15) is 5.75 Å². The lowest BCUT2D eigenvalue weighted by atomic mass is 10.0. The van der Waals surface area contributed by atoms with Crippen molar-refractivity contribution >= 4 is 16.6 Å². The van der Waals surface area contributed by atoms with Crippen molar-refractivity contribution < 1.29 is 9.84 Å². The summed E-state index contributed by atoms with van der Waals surface area (Å²) in [6.07, 6.45) is 5.77. The van der Waals surface area contributed by atoms with Gasteiger partial charge in [-0.05, 0) is 49.2 Å². The van der Waals surface area contributed by atoms with Crippen LogP contribution >= 0.6 is 0 Å². The van der Waals surface area contributed by atoms with E-state index in [9.17, 15) is 0 Å². The summed E-state index contributed by atoms with van der Waals surface area (Å²) in [5, 5.41) is 18.0. The molecular weight excluding hydrogens is 376 g/mol. The summed E-state index contributed by atoms with van der Waals surface area (Å²) in [4.78, 5) is 4.62. The summed E-state index contributed by atoms with van der Waals surface area (Å²) < 4.78 is 7.46. The Hall–Kier alpha value is -3.38. The number of nitrogens with zero attached hydrogens (tertiary/aromatic N) is 3. The van der Waals surface area contributed by atoms with Gasteiger partial charge in [-0.15, -0.1) is 0 Å². The second-order valence-electron chi connectivity index (χ2n) is 7.44. The summed E-state index contributed by atoms with van der Waals surface area (Å²) in [5.41, 5.74) is 5.16. The van der Waals surface area contributed by atoms with Crippen molar-refractivity contribution in [1.82, 2.24) is 14.8 Å². The van der Waals surface area contributed by atoms with Gasteiger partial charge in [0.15, 0.2) is 0 Å². The van der Waals surface area contributed by atoms with E-state index in [1.54, 1.807) is 4.68 Å². The van der Waals surface area contributed by atoms with Gasteiger partial charge in [-0.1, -0.05) is 24.3 Å². The minimum absolute atomic E-state index is 0.0663. The second-order valence-corrected chi connectivity index (χ2v) is 7.44. The summed E-state index contributed by atoms with van der Waals surface area (Å²) in [7, 11) is 0. The highest BCUT2D eigenvalue weighted by atomic mass is 16.5. The Kier molecular flexibility index (Phi) is 5.95. The molecule has 2 heterocycles. The second kappa shape index (κ2) is 8.97. The van der Waals surface area contributed by atoms with Gasteiger partial charge < -0.3 is 15.2 Å². The smallest absolute Gasteiger partial charge is 0.119 e. The van der Waals surface area contributed by atoms with Crippen LogP contribution in [0, 0.1) is 0 Å². The van der Waals surface area contributed by atoms with Crippen molar-refractivity contribution in [2.24, 2.45) is 0 Å². The fourth-order valence-corrected chi connectivity index (χ4v) is 3.45. The van der Waals surface area contributed by atoms with E-state index in [4.69, 9.17) is 9.84 Å². The van der Waals surface area contributed by atoms with E-state index in [2.05, 4.69) is 33.6 Å². The van der Waals surface area contributed by atoms with Gasteiger partial charge in [-0.25, -0.2) is 0 Å². The first-order valence-electron chi connectivity index (χ1n) is 10.1. The molecule has 6 heteroatoms. The van der Waals surface area contributed by atoms with Crippen molar-refractivity contribution in [3.05, 3.63) is 72.7 Å². The van der Waals surface area contributed by atoms with E-state index in [0.717, 1.165) is 33.5 Å². The van der Waals surface area contributed by atoms with Crippen LogP contribution in [0.4, 0.5) is 5.69 Å². The molecule has 0 saturated carbocycles. The molecule has 30 heavy (non-hydrogen) atoms. The number of nitrogens with one attached hydrogen (secondary N) is 1. The summed E-state index contributed by atoms with van der Waals surface area (Å²) in [6, 6.07) is 16.3. The molecule has 4 aromatic rings. The molecule has 0 fully saturated rings. The van der Waals surface area contributed by atoms with Crippen LogP contribution in [0.2, 0.25) is 0 Å². The third-order valence-corrected chi connectivity index (χ3v) is 4.82. The van der Waals surface area contributed by atoms with Gasteiger partial charge >= 0.3 is 0 Å². The topological polar surface area (TPSA) is 72.2 Å². The van der Waals surface area contributed by atoms with E-state index in [-0.39, 0.29) is 12.7 Å². The minimum Gasteiger partial charge on any atom is -0.491 e. The number of ether oxygens (including phenoxy) is 1. The number of aliphatic hydroxyl groups is 1. The summed E-state index contributed by atoms with van der Waals surface area (Å²) in [5.74, 6) is 0.881. The molecule has 0 spiro atoms. The number of hydrogen-bond donors (Lipinski definition) is 2. The molecular formula is C24H26N4O2. The maximum absolute atomic E-state index is 9.13. The fraction of sp³-hybridized carbons (Fsp3) is 0.250. The zero-order chi connectivity index (χ0) is 20.9. The number of hydrogen-bond acceptors (Lipinski definition) is 5. The first-order chi connectivity index (χ1) is 14.6. The molecule has 2 N–H and O–H groups in total. The highest BCUT2D eigenvalue weighted by molar-refractivity contribution is 6.00. The van der Waals surface area contributed by atoms with Crippen LogP contribution in [-0.4, -0.2) is 32.6 Å². The fourth-order valence-electron chi connectivity index (χ4n) is 3.45. The lowest BCUT2D eigenvalue weighted by Gasteiger charge is -2.12. The molecule has 0 aliphatic carbocycles. The standard InChI is InChI=1S/C24H26N4O2/c1-17(2)30-20-8-6-18(7-9-20)14-26-23-5-3-4-22-21(10-11-25-24(22)23)19-15-27-28(16-19)12-13-29/h3-11,15-17,26,29H,12-14H2,1-2H3. The molecule has 2 aromatic heterocycles. The number of anilines is 1. The predicted octanol–water partition coefficient (Wildman–Crippen LogP) is 4.49. The van der Waals surface area contributed by atoms with Crippen molar-refractivity contribution in [3.63, 3.8) is 0 Å². The zero-order valence-corrected chi connectivity index (χ0v) is 17.2. The van der Waals surface area contributed by atoms with E-state index < -0.39 is 0 Å². The first-order valence-corrected chi connectivity index (χ1v) is 10.1. The lowest BCUT2D eigenvalue weighted by molar-refractivity contribution is 0.242. The third kappa shape index (κ3) is 4.44. The van der Waals surface area contributed by atoms with Gasteiger partial charge in [0, 0.05) is 29.9 Å². The molecule has 0 unspecified atom stereocenters. The highest BCUT2D eigenvalue weighted by Gasteiger charge is 2.10. The van der Waals surface area contributed by atoms with Crippen LogP contribution in [0.15, 0.2) is 67.1 Å². The Bertz CT molecular complexity index is 1120. The molecule has 0 aliphatic rings. The Morgan fingerprint density at radius 1 is 1.10 bits per heavy atom. The largest absolute Gasteiger partial charge is 0.491 e. The number of rotatable bonds is 8. The molecule has 0 radical (unpaired) electrons. The van der Waals surface area contributed by atoms with Gasteiger partial charge in [-0.2, -0.15) is 5.10 Å². The first kappa shape index (κ1) is 19.9. The SMILES string of the molecule is CC(C)Oc1ccc(CNc2cccc3c(-c4cnn(CCO)c4)ccnc23)cc1. The summed E-state index contributed by atoms with van der Waals surface area (Å²) >= 11 is 0. The normalized spacial score (nSPS) is 11.2. The van der Waals surface area contributed by atoms with Crippen LogP contribution in [0.5, 0.6) is 5.75 Å². The van der Waals surface area contributed by atoms with Gasteiger partial charge in [0.05, 0.1) is 36.7 Å². The van der Waals surface area contributed by atoms with Gasteiger partial charge in [0.25, 0.3) is 0 Å². The van der Waals surface area contributed by atoms with Crippen molar-refractivity contribution in [3.8, 4) is 16.9 Å². The molecule has 154 valence electrons. The molecule has 4 rings (SSSR count). The molecule has 0 aliphatic heterocycles.